The monoisotopic (exact) mass is 563 g/mol. The highest BCUT2D eigenvalue weighted by Gasteiger charge is 2.36. The summed E-state index contributed by atoms with van der Waals surface area (Å²) in [4.78, 5) is 4.74. The first-order valence-corrected chi connectivity index (χ1v) is 15.2. The molecule has 208 valence electrons. The van der Waals surface area contributed by atoms with E-state index in [0.29, 0.717) is 5.89 Å². The maximum atomic E-state index is 6.10. The summed E-state index contributed by atoms with van der Waals surface area (Å²) in [7, 11) is 0. The third-order valence-corrected chi connectivity index (χ3v) is 9.50. The molecule has 0 fully saturated rings. The smallest absolute Gasteiger partial charge is 0.227 e. The van der Waals surface area contributed by atoms with Crippen LogP contribution < -0.4 is 0 Å². The highest BCUT2D eigenvalue weighted by atomic mass is 16.3. The van der Waals surface area contributed by atoms with Gasteiger partial charge in [-0.25, -0.2) is 4.98 Å². The van der Waals surface area contributed by atoms with Gasteiger partial charge in [0.2, 0.25) is 5.89 Å². The quantitative estimate of drug-likeness (QED) is 0.200. The van der Waals surface area contributed by atoms with E-state index in [1.807, 2.05) is 24.3 Å². The number of rotatable bonds is 3. The zero-order chi connectivity index (χ0) is 29.4. The Morgan fingerprint density at radius 1 is 0.477 bits per heavy atom. The van der Waals surface area contributed by atoms with E-state index in [2.05, 4.69) is 129 Å². The summed E-state index contributed by atoms with van der Waals surface area (Å²) in [6, 6.07) is 50.2. The number of hydrogen-bond donors (Lipinski definition) is 0. The predicted molar refractivity (Wildman–Crippen MR) is 183 cm³/mol. The van der Waals surface area contributed by atoms with Crippen LogP contribution in [0.5, 0.6) is 0 Å². The maximum absolute atomic E-state index is 6.10. The highest BCUT2D eigenvalue weighted by molar-refractivity contribution is 6.22. The molecule has 0 amide bonds. The van der Waals surface area contributed by atoms with Gasteiger partial charge in [0.1, 0.15) is 5.52 Å². The summed E-state index contributed by atoms with van der Waals surface area (Å²) < 4.78 is 6.10. The lowest BCUT2D eigenvalue weighted by Crippen LogP contribution is -2.14. The fourth-order valence-corrected chi connectivity index (χ4v) is 7.37. The second-order valence-electron chi connectivity index (χ2n) is 12.3. The van der Waals surface area contributed by atoms with Crippen molar-refractivity contribution in [2.24, 2.45) is 0 Å². The zero-order valence-electron chi connectivity index (χ0n) is 24.6. The Morgan fingerprint density at radius 2 is 1.07 bits per heavy atom. The summed E-state index contributed by atoms with van der Waals surface area (Å²) in [6.07, 6.45) is 0. The molecular weight excluding hydrogens is 534 g/mol. The molecule has 2 nitrogen and oxygen atoms in total. The molecular formula is C42H29NO. The summed E-state index contributed by atoms with van der Waals surface area (Å²) in [5.74, 6) is 0.642. The Bertz CT molecular complexity index is 2360. The largest absolute Gasteiger partial charge is 0.436 e. The average molecular weight is 564 g/mol. The first kappa shape index (κ1) is 25.1. The van der Waals surface area contributed by atoms with E-state index in [-0.39, 0.29) is 5.41 Å². The van der Waals surface area contributed by atoms with Gasteiger partial charge in [0.05, 0.1) is 0 Å². The molecule has 1 aromatic heterocycles. The normalized spacial score (nSPS) is 13.4. The minimum Gasteiger partial charge on any atom is -0.436 e. The lowest BCUT2D eigenvalue weighted by Gasteiger charge is -2.23. The van der Waals surface area contributed by atoms with Crippen molar-refractivity contribution in [2.75, 3.05) is 0 Å². The molecule has 2 heteroatoms. The molecule has 0 atom stereocenters. The third kappa shape index (κ3) is 3.58. The standard InChI is InChI=1S/C42H29NO/c1-42(2)35-17-9-8-14-29(35)32-24-33-34(25-36(32)42)39(26-12-4-3-5-13-26)30-15-6-7-16-31(30)40(33)27-20-22-28(23-21-27)41-43-37-18-10-11-19-38(37)44-41/h3-25H,1-2H3. The molecule has 1 aliphatic carbocycles. The van der Waals surface area contributed by atoms with Crippen molar-refractivity contribution in [2.45, 2.75) is 19.3 Å². The minimum atomic E-state index is -0.0822. The van der Waals surface area contributed by atoms with Gasteiger partial charge >= 0.3 is 0 Å². The van der Waals surface area contributed by atoms with E-state index in [4.69, 9.17) is 9.40 Å². The van der Waals surface area contributed by atoms with Crippen LogP contribution in [0.15, 0.2) is 144 Å². The van der Waals surface area contributed by atoms with Crippen LogP contribution in [0, 0.1) is 0 Å². The van der Waals surface area contributed by atoms with Crippen molar-refractivity contribution in [1.29, 1.82) is 0 Å². The van der Waals surface area contributed by atoms with Crippen molar-refractivity contribution in [3.05, 3.63) is 151 Å². The van der Waals surface area contributed by atoms with Crippen LogP contribution in [0.2, 0.25) is 0 Å². The van der Waals surface area contributed by atoms with Crippen LogP contribution in [0.3, 0.4) is 0 Å². The molecule has 0 unspecified atom stereocenters. The Balaban J connectivity index is 1.35. The summed E-state index contributed by atoms with van der Waals surface area (Å²) in [5, 5.41) is 5.06. The van der Waals surface area contributed by atoms with E-state index in [0.717, 1.165) is 16.7 Å². The molecule has 9 rings (SSSR count). The Hall–Kier alpha value is -5.47. The van der Waals surface area contributed by atoms with Gasteiger partial charge in [-0.15, -0.1) is 0 Å². The Labute approximate surface area is 256 Å². The van der Waals surface area contributed by atoms with Crippen molar-refractivity contribution in [3.63, 3.8) is 0 Å². The molecule has 8 aromatic rings. The number of fused-ring (bicyclic) bond motifs is 6. The van der Waals surface area contributed by atoms with Gasteiger partial charge < -0.3 is 4.42 Å². The number of aromatic nitrogens is 1. The predicted octanol–water partition coefficient (Wildman–Crippen LogP) is 11.4. The average Bonchev–Trinajstić information content (AvgIpc) is 3.60. The number of benzene rings is 7. The Kier molecular flexibility index (Phi) is 5.28. The molecule has 1 aliphatic rings. The fourth-order valence-electron chi connectivity index (χ4n) is 7.37. The van der Waals surface area contributed by atoms with Gasteiger partial charge in [-0.1, -0.05) is 117 Å². The van der Waals surface area contributed by atoms with Crippen LogP contribution in [0.25, 0.3) is 77.5 Å². The molecule has 0 saturated heterocycles. The van der Waals surface area contributed by atoms with E-state index in [1.165, 1.54) is 66.1 Å². The SMILES string of the molecule is CC1(C)c2ccccc2-c2cc3c(-c4ccc(-c5nc6ccccc6o5)cc4)c4ccccc4c(-c4ccccc4)c3cc21. The highest BCUT2D eigenvalue weighted by Crippen LogP contribution is 2.53. The second kappa shape index (κ2) is 9.26. The van der Waals surface area contributed by atoms with E-state index in [9.17, 15) is 0 Å². The lowest BCUT2D eigenvalue weighted by atomic mass is 9.79. The van der Waals surface area contributed by atoms with Crippen molar-refractivity contribution in [3.8, 4) is 44.8 Å². The van der Waals surface area contributed by atoms with Crippen LogP contribution >= 0.6 is 0 Å². The number of hydrogen-bond acceptors (Lipinski definition) is 2. The van der Waals surface area contributed by atoms with Gasteiger partial charge in [0.25, 0.3) is 0 Å². The van der Waals surface area contributed by atoms with Gasteiger partial charge in [-0.3, -0.25) is 0 Å². The molecule has 0 N–H and O–H groups in total. The first-order chi connectivity index (χ1) is 21.6. The van der Waals surface area contributed by atoms with Crippen LogP contribution in [-0.2, 0) is 5.41 Å². The molecule has 7 aromatic carbocycles. The lowest BCUT2D eigenvalue weighted by molar-refractivity contribution is 0.620. The first-order valence-electron chi connectivity index (χ1n) is 15.2. The van der Waals surface area contributed by atoms with Gasteiger partial charge in [-0.2, -0.15) is 0 Å². The number of oxazole rings is 1. The van der Waals surface area contributed by atoms with E-state index >= 15 is 0 Å². The van der Waals surface area contributed by atoms with Gasteiger partial charge in [0.15, 0.2) is 5.58 Å². The van der Waals surface area contributed by atoms with E-state index in [1.54, 1.807) is 0 Å². The molecule has 0 aliphatic heterocycles. The minimum absolute atomic E-state index is 0.0822. The number of para-hydroxylation sites is 2. The Morgan fingerprint density at radius 3 is 1.82 bits per heavy atom. The zero-order valence-corrected chi connectivity index (χ0v) is 24.6. The summed E-state index contributed by atoms with van der Waals surface area (Å²) >= 11 is 0. The van der Waals surface area contributed by atoms with Gasteiger partial charge in [0, 0.05) is 11.0 Å². The van der Waals surface area contributed by atoms with Crippen molar-refractivity contribution < 1.29 is 4.42 Å². The number of nitrogens with zero attached hydrogens (tertiary/aromatic N) is 1. The molecule has 0 radical (unpaired) electrons. The van der Waals surface area contributed by atoms with Crippen LogP contribution in [0.4, 0.5) is 0 Å². The maximum Gasteiger partial charge on any atom is 0.227 e. The van der Waals surface area contributed by atoms with Crippen LogP contribution in [0.1, 0.15) is 25.0 Å². The van der Waals surface area contributed by atoms with Crippen molar-refractivity contribution in [1.82, 2.24) is 4.98 Å². The van der Waals surface area contributed by atoms with E-state index < -0.39 is 0 Å². The topological polar surface area (TPSA) is 26.0 Å². The third-order valence-electron chi connectivity index (χ3n) is 9.50. The van der Waals surface area contributed by atoms with Crippen molar-refractivity contribution >= 4 is 32.6 Å². The molecule has 44 heavy (non-hydrogen) atoms. The fraction of sp³-hybridized carbons (Fsp3) is 0.0714. The molecule has 0 bridgehead atoms. The summed E-state index contributed by atoms with van der Waals surface area (Å²) in [6.45, 7) is 4.72. The second-order valence-corrected chi connectivity index (χ2v) is 12.3. The molecule has 0 spiro atoms. The summed E-state index contributed by atoms with van der Waals surface area (Å²) in [5.41, 5.74) is 13.0. The van der Waals surface area contributed by atoms with Gasteiger partial charge in [-0.05, 0) is 102 Å². The molecule has 0 saturated carbocycles. The molecule has 1 heterocycles. The van der Waals surface area contributed by atoms with Crippen LogP contribution in [-0.4, -0.2) is 4.98 Å².